The molecule has 0 amide bonds. The highest BCUT2D eigenvalue weighted by Crippen LogP contribution is 2.10. The molecule has 0 aliphatic carbocycles. The van der Waals surface area contributed by atoms with Crippen molar-refractivity contribution >= 4 is 5.97 Å². The quantitative estimate of drug-likeness (QED) is 0.636. The highest BCUT2D eigenvalue weighted by atomic mass is 16.6. The lowest BCUT2D eigenvalue weighted by atomic mass is 10.4. The molecule has 0 spiro atoms. The van der Waals surface area contributed by atoms with Gasteiger partial charge in [-0.3, -0.25) is 0 Å². The lowest BCUT2D eigenvalue weighted by molar-refractivity contribution is -0.142. The van der Waals surface area contributed by atoms with Crippen LogP contribution in [0.2, 0.25) is 0 Å². The molecule has 0 aliphatic rings. The summed E-state index contributed by atoms with van der Waals surface area (Å²) in [6.07, 6.45) is 1.55. The highest BCUT2D eigenvalue weighted by molar-refractivity contribution is 5.76. The molecule has 1 heterocycles. The number of carbonyl (C=O) groups excluding carboxylic acids is 1. The van der Waals surface area contributed by atoms with Crippen LogP contribution in [0.15, 0.2) is 23.0 Å². The van der Waals surface area contributed by atoms with Gasteiger partial charge in [-0.15, -0.1) is 0 Å². The summed E-state index contributed by atoms with van der Waals surface area (Å²) >= 11 is 0. The summed E-state index contributed by atoms with van der Waals surface area (Å²) in [7, 11) is 0. The molecule has 4 nitrogen and oxygen atoms in total. The number of aliphatic hydroxyl groups excluding tert-OH is 1. The maximum Gasteiger partial charge on any atom is 0.340 e. The smallest absolute Gasteiger partial charge is 0.340 e. The summed E-state index contributed by atoms with van der Waals surface area (Å²) in [4.78, 5) is 10.7. The van der Waals surface area contributed by atoms with E-state index in [1.165, 1.54) is 25.5 Å². The number of rotatable bonds is 2. The molecule has 0 fully saturated rings. The Morgan fingerprint density at radius 2 is 2.55 bits per heavy atom. The first kappa shape index (κ1) is 7.81. The third-order valence-corrected chi connectivity index (χ3v) is 1.05. The number of ether oxygens (including phenoxy) is 1. The van der Waals surface area contributed by atoms with Crippen LogP contribution in [0.4, 0.5) is 0 Å². The van der Waals surface area contributed by atoms with Crippen molar-refractivity contribution in [3.63, 3.8) is 0 Å². The van der Waals surface area contributed by atoms with Crippen LogP contribution >= 0.6 is 0 Å². The van der Waals surface area contributed by atoms with Crippen LogP contribution in [-0.2, 0) is 4.79 Å². The first-order chi connectivity index (χ1) is 5.20. The minimum Gasteiger partial charge on any atom is -0.469 e. The summed E-state index contributed by atoms with van der Waals surface area (Å²) in [5.74, 6) is -0.387. The van der Waals surface area contributed by atoms with Gasteiger partial charge in [0.25, 0.3) is 0 Å². The van der Waals surface area contributed by atoms with Crippen LogP contribution in [0.1, 0.15) is 6.92 Å². The second kappa shape index (κ2) is 3.21. The third-order valence-electron chi connectivity index (χ3n) is 1.05. The van der Waals surface area contributed by atoms with Crippen LogP contribution in [0.5, 0.6) is 5.75 Å². The molecule has 0 aliphatic heterocycles. The summed E-state index contributed by atoms with van der Waals surface area (Å²) in [6.45, 7) is 1.34. The van der Waals surface area contributed by atoms with Crippen molar-refractivity contribution in [1.82, 2.24) is 0 Å². The van der Waals surface area contributed by atoms with Crippen LogP contribution < -0.4 is 4.74 Å². The molecule has 4 heteroatoms. The number of esters is 1. The molecule has 1 unspecified atom stereocenters. The van der Waals surface area contributed by atoms with E-state index in [9.17, 15) is 4.79 Å². The molecule has 0 saturated carbocycles. The molecule has 1 atom stereocenters. The SMILES string of the molecule is CC(O)C(=O)Oc1ccoc1. The van der Waals surface area contributed by atoms with Crippen molar-refractivity contribution in [3.05, 3.63) is 18.6 Å². The van der Waals surface area contributed by atoms with Crippen molar-refractivity contribution in [2.75, 3.05) is 0 Å². The average molecular weight is 156 g/mol. The topological polar surface area (TPSA) is 59.7 Å². The van der Waals surface area contributed by atoms with Gasteiger partial charge in [0.15, 0.2) is 5.75 Å². The average Bonchev–Trinajstić information content (AvgIpc) is 2.39. The molecule has 11 heavy (non-hydrogen) atoms. The highest BCUT2D eigenvalue weighted by Gasteiger charge is 2.11. The van der Waals surface area contributed by atoms with Gasteiger partial charge in [-0.25, -0.2) is 4.79 Å². The molecular weight excluding hydrogens is 148 g/mol. The predicted octanol–water partition coefficient (Wildman–Crippen LogP) is 0.566. The molecule has 1 N–H and O–H groups in total. The number of hydrogen-bond acceptors (Lipinski definition) is 4. The summed E-state index contributed by atoms with van der Waals surface area (Å²) in [5.41, 5.74) is 0. The fourth-order valence-corrected chi connectivity index (χ4v) is 0.511. The van der Waals surface area contributed by atoms with E-state index in [0.29, 0.717) is 5.75 Å². The number of carbonyl (C=O) groups is 1. The van der Waals surface area contributed by atoms with Gasteiger partial charge in [0, 0.05) is 6.07 Å². The third kappa shape index (κ3) is 2.09. The lowest BCUT2D eigenvalue weighted by Gasteiger charge is -2.01. The minimum absolute atomic E-state index is 0.302. The van der Waals surface area contributed by atoms with Crippen molar-refractivity contribution in [1.29, 1.82) is 0 Å². The molecule has 0 aromatic carbocycles. The van der Waals surface area contributed by atoms with Crippen molar-refractivity contribution in [2.24, 2.45) is 0 Å². The first-order valence-corrected chi connectivity index (χ1v) is 3.12. The maximum atomic E-state index is 10.7. The maximum absolute atomic E-state index is 10.7. The lowest BCUT2D eigenvalue weighted by Crippen LogP contribution is -2.21. The Kier molecular flexibility index (Phi) is 2.28. The van der Waals surface area contributed by atoms with Crippen molar-refractivity contribution < 1.29 is 19.1 Å². The number of aliphatic hydroxyl groups is 1. The van der Waals surface area contributed by atoms with Gasteiger partial charge in [-0.05, 0) is 6.92 Å². The Hall–Kier alpha value is -1.29. The van der Waals surface area contributed by atoms with Crippen LogP contribution in [-0.4, -0.2) is 17.2 Å². The zero-order valence-electron chi connectivity index (χ0n) is 5.98. The van der Waals surface area contributed by atoms with E-state index in [4.69, 9.17) is 5.11 Å². The second-order valence-corrected chi connectivity index (χ2v) is 2.06. The van der Waals surface area contributed by atoms with E-state index >= 15 is 0 Å². The van der Waals surface area contributed by atoms with Gasteiger partial charge in [0.05, 0.1) is 6.26 Å². The van der Waals surface area contributed by atoms with Gasteiger partial charge in [-0.1, -0.05) is 0 Å². The Morgan fingerprint density at radius 3 is 3.00 bits per heavy atom. The molecule has 1 aromatic heterocycles. The van der Waals surface area contributed by atoms with Gasteiger partial charge >= 0.3 is 5.97 Å². The van der Waals surface area contributed by atoms with Crippen LogP contribution in [0.3, 0.4) is 0 Å². The van der Waals surface area contributed by atoms with Crippen molar-refractivity contribution in [3.8, 4) is 5.75 Å². The Balaban J connectivity index is 2.50. The van der Waals surface area contributed by atoms with Gasteiger partial charge < -0.3 is 14.3 Å². The van der Waals surface area contributed by atoms with E-state index in [1.54, 1.807) is 0 Å². The van der Waals surface area contributed by atoms with E-state index < -0.39 is 12.1 Å². The fraction of sp³-hybridized carbons (Fsp3) is 0.286. The van der Waals surface area contributed by atoms with E-state index in [2.05, 4.69) is 9.15 Å². The zero-order valence-corrected chi connectivity index (χ0v) is 5.98. The monoisotopic (exact) mass is 156 g/mol. The van der Waals surface area contributed by atoms with E-state index in [-0.39, 0.29) is 0 Å². The molecule has 60 valence electrons. The summed E-state index contributed by atoms with van der Waals surface area (Å²) < 4.78 is 9.27. The van der Waals surface area contributed by atoms with Crippen LogP contribution in [0.25, 0.3) is 0 Å². The Labute approximate surface area is 63.4 Å². The fourth-order valence-electron chi connectivity index (χ4n) is 0.511. The largest absolute Gasteiger partial charge is 0.469 e. The molecular formula is C7H8O4. The van der Waals surface area contributed by atoms with Crippen LogP contribution in [0, 0.1) is 0 Å². The standard InChI is InChI=1S/C7H8O4/c1-5(8)7(9)11-6-2-3-10-4-6/h2-5,8H,1H3. The normalized spacial score (nSPS) is 12.5. The van der Waals surface area contributed by atoms with Gasteiger partial charge in [0.1, 0.15) is 12.4 Å². The van der Waals surface area contributed by atoms with Gasteiger partial charge in [-0.2, -0.15) is 0 Å². The molecule has 0 bridgehead atoms. The Morgan fingerprint density at radius 1 is 1.82 bits per heavy atom. The zero-order chi connectivity index (χ0) is 8.27. The molecule has 0 radical (unpaired) electrons. The van der Waals surface area contributed by atoms with Crippen molar-refractivity contribution in [2.45, 2.75) is 13.0 Å². The number of hydrogen-bond donors (Lipinski definition) is 1. The second-order valence-electron chi connectivity index (χ2n) is 2.06. The van der Waals surface area contributed by atoms with Gasteiger partial charge in [0.2, 0.25) is 0 Å². The minimum atomic E-state index is -1.11. The van der Waals surface area contributed by atoms with E-state index in [1.807, 2.05) is 0 Å². The molecule has 1 aromatic rings. The predicted molar refractivity (Wildman–Crippen MR) is 36.0 cm³/mol. The summed E-state index contributed by atoms with van der Waals surface area (Å²) in [6, 6.07) is 1.49. The Bertz CT molecular complexity index is 225. The molecule has 1 rings (SSSR count). The molecule has 0 saturated heterocycles. The number of furan rings is 1. The van der Waals surface area contributed by atoms with E-state index in [0.717, 1.165) is 0 Å². The summed E-state index contributed by atoms with van der Waals surface area (Å²) in [5, 5.41) is 8.71. The first-order valence-electron chi connectivity index (χ1n) is 3.12.